The van der Waals surface area contributed by atoms with E-state index in [0.29, 0.717) is 11.6 Å². The van der Waals surface area contributed by atoms with Crippen LogP contribution >= 0.6 is 11.3 Å². The molecule has 102 valence electrons. The number of hydrogen-bond donors (Lipinski definition) is 0. The fourth-order valence-electron chi connectivity index (χ4n) is 1.86. The van der Waals surface area contributed by atoms with Crippen LogP contribution in [-0.4, -0.2) is 9.19 Å². The van der Waals surface area contributed by atoms with Gasteiger partial charge in [-0.05, 0) is 36.1 Å². The van der Waals surface area contributed by atoms with Gasteiger partial charge in [0, 0.05) is 4.90 Å². The lowest BCUT2D eigenvalue weighted by molar-refractivity contribution is 0.528. The van der Waals surface area contributed by atoms with E-state index < -0.39 is 10.8 Å². The van der Waals surface area contributed by atoms with Crippen LogP contribution in [0.5, 0.6) is 0 Å². The topological polar surface area (TPSA) is 43.1 Å². The molecule has 1 unspecified atom stereocenters. The zero-order valence-corrected chi connectivity index (χ0v) is 12.5. The van der Waals surface area contributed by atoms with Gasteiger partial charge < -0.3 is 4.42 Å². The highest BCUT2D eigenvalue weighted by molar-refractivity contribution is 7.84. The molecule has 0 aliphatic rings. The van der Waals surface area contributed by atoms with Crippen LogP contribution in [-0.2, 0) is 16.6 Å². The van der Waals surface area contributed by atoms with Crippen molar-refractivity contribution in [1.29, 1.82) is 0 Å². The number of thiophene rings is 1. The molecule has 0 aliphatic heterocycles. The van der Waals surface area contributed by atoms with Gasteiger partial charge in [-0.2, -0.15) is 0 Å². The van der Waals surface area contributed by atoms with Crippen molar-refractivity contribution in [2.75, 3.05) is 0 Å². The van der Waals surface area contributed by atoms with Crippen molar-refractivity contribution in [1.82, 2.24) is 4.98 Å². The second kappa shape index (κ2) is 5.73. The summed E-state index contributed by atoms with van der Waals surface area (Å²) in [6, 6.07) is 11.6. The third kappa shape index (κ3) is 2.89. The Morgan fingerprint density at radius 3 is 2.95 bits per heavy atom. The van der Waals surface area contributed by atoms with Crippen LogP contribution in [0.15, 0.2) is 57.3 Å². The van der Waals surface area contributed by atoms with Crippen LogP contribution in [0.4, 0.5) is 0 Å². The molecule has 0 radical (unpaired) electrons. The lowest BCUT2D eigenvalue weighted by Gasteiger charge is -2.00. The van der Waals surface area contributed by atoms with Gasteiger partial charge in [-0.3, -0.25) is 4.21 Å². The predicted molar refractivity (Wildman–Crippen MR) is 81.1 cm³/mol. The highest BCUT2D eigenvalue weighted by Crippen LogP contribution is 2.26. The Morgan fingerprint density at radius 1 is 1.30 bits per heavy atom. The summed E-state index contributed by atoms with van der Waals surface area (Å²) in [5.41, 5.74) is 1.10. The number of nitrogens with zero attached hydrogens (tertiary/aromatic N) is 1. The minimum atomic E-state index is -1.13. The van der Waals surface area contributed by atoms with Crippen LogP contribution in [0.1, 0.15) is 11.5 Å². The normalized spacial score (nSPS) is 12.4. The molecule has 0 saturated heterocycles. The van der Waals surface area contributed by atoms with Crippen molar-refractivity contribution in [2.45, 2.75) is 17.6 Å². The van der Waals surface area contributed by atoms with Gasteiger partial charge in [0.2, 0.25) is 5.89 Å². The van der Waals surface area contributed by atoms with Crippen LogP contribution in [0, 0.1) is 6.92 Å². The largest absolute Gasteiger partial charge is 0.439 e. The summed E-state index contributed by atoms with van der Waals surface area (Å²) >= 11 is 1.60. The van der Waals surface area contributed by atoms with Gasteiger partial charge in [-0.15, -0.1) is 11.3 Å². The smallest absolute Gasteiger partial charge is 0.207 e. The minimum absolute atomic E-state index is 0.300. The van der Waals surface area contributed by atoms with Crippen molar-refractivity contribution < 1.29 is 8.63 Å². The molecule has 3 nitrogen and oxygen atoms in total. The van der Waals surface area contributed by atoms with E-state index in [4.69, 9.17) is 4.42 Å². The number of aromatic nitrogens is 1. The average molecular weight is 303 g/mol. The highest BCUT2D eigenvalue weighted by atomic mass is 32.2. The van der Waals surface area contributed by atoms with Gasteiger partial charge in [0.05, 0.1) is 21.9 Å². The second-order valence-electron chi connectivity index (χ2n) is 4.40. The lowest BCUT2D eigenvalue weighted by Crippen LogP contribution is -1.96. The molecule has 3 rings (SSSR count). The first-order valence-corrected chi connectivity index (χ1v) is 8.36. The molecule has 2 aromatic heterocycles. The summed E-state index contributed by atoms with van der Waals surface area (Å²) in [5, 5.41) is 1.99. The number of oxazole rings is 1. The molecular formula is C15H13NO2S2. The first kappa shape index (κ1) is 13.3. The molecule has 1 atom stereocenters. The predicted octanol–water partition coefficient (Wildman–Crippen LogP) is 4.02. The summed E-state index contributed by atoms with van der Waals surface area (Å²) in [6.45, 7) is 1.99. The zero-order valence-electron chi connectivity index (χ0n) is 10.9. The number of benzene rings is 1. The van der Waals surface area contributed by atoms with Crippen molar-refractivity contribution in [2.24, 2.45) is 0 Å². The second-order valence-corrected chi connectivity index (χ2v) is 6.80. The maximum Gasteiger partial charge on any atom is 0.207 e. The molecule has 0 amide bonds. The Kier molecular flexibility index (Phi) is 3.80. The monoisotopic (exact) mass is 303 g/mol. The first-order chi connectivity index (χ1) is 9.72. The van der Waals surface area contributed by atoms with E-state index in [-0.39, 0.29) is 0 Å². The summed E-state index contributed by atoms with van der Waals surface area (Å²) in [7, 11) is -1.13. The standard InChI is InChI=1S/C15H13NO2S2/c1-11-4-2-5-12(8-11)20(17)10-15-16-9-13(18-15)14-6-3-7-19-14/h2-9H,10H2,1H3. The number of aryl methyl sites for hydroxylation is 1. The van der Waals surface area contributed by atoms with Gasteiger partial charge >= 0.3 is 0 Å². The van der Waals surface area contributed by atoms with Crippen LogP contribution < -0.4 is 0 Å². The van der Waals surface area contributed by atoms with Gasteiger partial charge in [-0.25, -0.2) is 4.98 Å². The fraction of sp³-hybridized carbons (Fsp3) is 0.133. The van der Waals surface area contributed by atoms with Crippen LogP contribution in [0.2, 0.25) is 0 Å². The van der Waals surface area contributed by atoms with Crippen LogP contribution in [0.25, 0.3) is 10.6 Å². The summed E-state index contributed by atoms with van der Waals surface area (Å²) in [4.78, 5) is 6.05. The number of rotatable bonds is 4. The van der Waals surface area contributed by atoms with Crippen molar-refractivity contribution in [3.05, 3.63) is 59.4 Å². The Balaban J connectivity index is 1.77. The molecule has 20 heavy (non-hydrogen) atoms. The van der Waals surface area contributed by atoms with Gasteiger partial charge in [0.15, 0.2) is 5.76 Å². The summed E-state index contributed by atoms with van der Waals surface area (Å²) in [5.74, 6) is 1.54. The van der Waals surface area contributed by atoms with E-state index in [1.54, 1.807) is 17.5 Å². The molecule has 0 fully saturated rings. The quantitative estimate of drug-likeness (QED) is 0.731. The van der Waals surface area contributed by atoms with Gasteiger partial charge in [0.25, 0.3) is 0 Å². The molecule has 3 aromatic rings. The van der Waals surface area contributed by atoms with E-state index >= 15 is 0 Å². The molecule has 0 bridgehead atoms. The third-order valence-corrected chi connectivity index (χ3v) is 5.00. The molecular weight excluding hydrogens is 290 g/mol. The Labute approximate surface area is 123 Å². The number of hydrogen-bond acceptors (Lipinski definition) is 4. The zero-order chi connectivity index (χ0) is 13.9. The van der Waals surface area contributed by atoms with E-state index in [1.165, 1.54) is 0 Å². The molecule has 5 heteroatoms. The Morgan fingerprint density at radius 2 is 2.20 bits per heavy atom. The average Bonchev–Trinajstić information content (AvgIpc) is 3.08. The SMILES string of the molecule is Cc1cccc(S(=O)Cc2ncc(-c3cccs3)o2)c1. The molecule has 0 saturated carbocycles. The Hall–Kier alpha value is -1.72. The van der Waals surface area contributed by atoms with Gasteiger partial charge in [-0.1, -0.05) is 18.2 Å². The first-order valence-electron chi connectivity index (χ1n) is 6.16. The van der Waals surface area contributed by atoms with Crippen molar-refractivity contribution in [3.8, 4) is 10.6 Å². The third-order valence-electron chi connectivity index (χ3n) is 2.82. The Bertz CT molecular complexity index is 732. The fourth-order valence-corrected chi connectivity index (χ4v) is 3.61. The molecule has 2 heterocycles. The van der Waals surface area contributed by atoms with Crippen molar-refractivity contribution in [3.63, 3.8) is 0 Å². The lowest BCUT2D eigenvalue weighted by atomic mass is 10.2. The summed E-state index contributed by atoms with van der Waals surface area (Å²) in [6.07, 6.45) is 1.69. The van der Waals surface area contributed by atoms with E-state index in [0.717, 1.165) is 21.1 Å². The maximum atomic E-state index is 12.3. The van der Waals surface area contributed by atoms with E-state index in [2.05, 4.69) is 4.98 Å². The maximum absolute atomic E-state index is 12.3. The summed E-state index contributed by atoms with van der Waals surface area (Å²) < 4.78 is 17.9. The molecule has 0 aliphatic carbocycles. The van der Waals surface area contributed by atoms with Crippen molar-refractivity contribution >= 4 is 22.1 Å². The molecule has 0 spiro atoms. The minimum Gasteiger partial charge on any atom is -0.439 e. The highest BCUT2D eigenvalue weighted by Gasteiger charge is 2.12. The molecule has 1 aromatic carbocycles. The van der Waals surface area contributed by atoms with E-state index in [1.807, 2.05) is 48.7 Å². The van der Waals surface area contributed by atoms with Gasteiger partial charge in [0.1, 0.15) is 5.75 Å². The molecule has 0 N–H and O–H groups in total. The van der Waals surface area contributed by atoms with Crippen LogP contribution in [0.3, 0.4) is 0 Å². The van der Waals surface area contributed by atoms with E-state index in [9.17, 15) is 4.21 Å².